The summed E-state index contributed by atoms with van der Waals surface area (Å²) in [5.41, 5.74) is 2.30. The van der Waals surface area contributed by atoms with Crippen LogP contribution < -0.4 is 0 Å². The molecule has 24 heavy (non-hydrogen) atoms. The van der Waals surface area contributed by atoms with Crippen LogP contribution in [0.3, 0.4) is 0 Å². The quantitative estimate of drug-likeness (QED) is 0.802. The molecule has 0 bridgehead atoms. The molecule has 3 rings (SSSR count). The molecule has 1 atom stereocenters. The van der Waals surface area contributed by atoms with Crippen LogP contribution >= 0.6 is 0 Å². The van der Waals surface area contributed by atoms with Crippen LogP contribution in [0.5, 0.6) is 0 Å². The second kappa shape index (κ2) is 6.76. The molecule has 5 heteroatoms. The molecule has 1 heterocycles. The fourth-order valence-corrected chi connectivity index (χ4v) is 2.64. The average Bonchev–Trinajstić information content (AvgIpc) is 2.61. The highest BCUT2D eigenvalue weighted by molar-refractivity contribution is 5.82. The van der Waals surface area contributed by atoms with Crippen LogP contribution in [0.2, 0.25) is 0 Å². The standard InChI is InChI=1S/C19H19N3O2/c1-13-15-10-6-7-11-16(15)21-17(20-13)12-22(2)19(24)18(23)14-8-4-3-5-9-14/h3-11,18,23H,12H2,1-2H3/t18-/m1/s1. The van der Waals surface area contributed by atoms with Gasteiger partial charge in [-0.3, -0.25) is 4.79 Å². The van der Waals surface area contributed by atoms with Crippen molar-refractivity contribution < 1.29 is 9.90 Å². The molecule has 3 aromatic rings. The summed E-state index contributed by atoms with van der Waals surface area (Å²) < 4.78 is 0. The Morgan fingerprint density at radius 3 is 2.50 bits per heavy atom. The fourth-order valence-electron chi connectivity index (χ4n) is 2.64. The Hall–Kier alpha value is -2.79. The van der Waals surface area contributed by atoms with E-state index in [1.165, 1.54) is 4.90 Å². The van der Waals surface area contributed by atoms with Crippen LogP contribution in [-0.2, 0) is 11.3 Å². The van der Waals surface area contributed by atoms with Gasteiger partial charge in [-0.15, -0.1) is 0 Å². The smallest absolute Gasteiger partial charge is 0.256 e. The molecule has 5 nitrogen and oxygen atoms in total. The average molecular weight is 321 g/mol. The van der Waals surface area contributed by atoms with Gasteiger partial charge >= 0.3 is 0 Å². The summed E-state index contributed by atoms with van der Waals surface area (Å²) in [7, 11) is 1.64. The Morgan fingerprint density at radius 2 is 1.75 bits per heavy atom. The third-order valence-electron chi connectivity index (χ3n) is 3.94. The molecule has 0 spiro atoms. The van der Waals surface area contributed by atoms with Gasteiger partial charge < -0.3 is 10.0 Å². The number of hydrogen-bond acceptors (Lipinski definition) is 4. The number of fused-ring (bicyclic) bond motifs is 1. The van der Waals surface area contributed by atoms with Crippen molar-refractivity contribution in [2.24, 2.45) is 0 Å². The minimum atomic E-state index is -1.18. The lowest BCUT2D eigenvalue weighted by Gasteiger charge is -2.20. The molecule has 0 saturated carbocycles. The molecular formula is C19H19N3O2. The zero-order valence-electron chi connectivity index (χ0n) is 13.7. The Bertz CT molecular complexity index is 865. The summed E-state index contributed by atoms with van der Waals surface area (Å²) in [6.45, 7) is 2.17. The van der Waals surface area contributed by atoms with Gasteiger partial charge in [0.05, 0.1) is 12.1 Å². The zero-order valence-corrected chi connectivity index (χ0v) is 13.7. The number of rotatable bonds is 4. The molecule has 0 unspecified atom stereocenters. The monoisotopic (exact) mass is 321 g/mol. The number of aliphatic hydroxyl groups is 1. The van der Waals surface area contributed by atoms with E-state index in [1.807, 2.05) is 37.3 Å². The third-order valence-corrected chi connectivity index (χ3v) is 3.94. The summed E-state index contributed by atoms with van der Waals surface area (Å²) >= 11 is 0. The van der Waals surface area contributed by atoms with E-state index >= 15 is 0 Å². The Kier molecular flexibility index (Phi) is 4.53. The summed E-state index contributed by atoms with van der Waals surface area (Å²) in [5.74, 6) is 0.179. The Balaban J connectivity index is 1.79. The van der Waals surface area contributed by atoms with Crippen molar-refractivity contribution in [1.29, 1.82) is 0 Å². The van der Waals surface area contributed by atoms with E-state index < -0.39 is 6.10 Å². The van der Waals surface area contributed by atoms with Crippen molar-refractivity contribution in [1.82, 2.24) is 14.9 Å². The third kappa shape index (κ3) is 3.26. The molecule has 0 saturated heterocycles. The van der Waals surface area contributed by atoms with E-state index in [2.05, 4.69) is 9.97 Å². The van der Waals surface area contributed by atoms with Gasteiger partial charge in [0.25, 0.3) is 5.91 Å². The van der Waals surface area contributed by atoms with E-state index in [4.69, 9.17) is 0 Å². The minimum absolute atomic E-state index is 0.244. The number of hydrogen-bond donors (Lipinski definition) is 1. The van der Waals surface area contributed by atoms with Crippen molar-refractivity contribution >= 4 is 16.8 Å². The van der Waals surface area contributed by atoms with Gasteiger partial charge in [0.1, 0.15) is 5.82 Å². The van der Waals surface area contributed by atoms with Crippen LogP contribution in [0, 0.1) is 6.92 Å². The van der Waals surface area contributed by atoms with Gasteiger partial charge in [0.2, 0.25) is 0 Å². The van der Waals surface area contributed by atoms with Gasteiger partial charge in [-0.2, -0.15) is 0 Å². The van der Waals surface area contributed by atoms with Gasteiger partial charge in [-0.25, -0.2) is 9.97 Å². The largest absolute Gasteiger partial charge is 0.378 e. The van der Waals surface area contributed by atoms with Crippen molar-refractivity contribution in [3.8, 4) is 0 Å². The van der Waals surface area contributed by atoms with E-state index in [1.54, 1.807) is 31.3 Å². The first-order valence-corrected chi connectivity index (χ1v) is 7.76. The number of aliphatic hydroxyl groups excluding tert-OH is 1. The summed E-state index contributed by atoms with van der Waals surface area (Å²) in [4.78, 5) is 22.8. The van der Waals surface area contributed by atoms with E-state index in [9.17, 15) is 9.90 Å². The number of carbonyl (C=O) groups excluding carboxylic acids is 1. The van der Waals surface area contributed by atoms with Crippen LogP contribution in [0.15, 0.2) is 54.6 Å². The molecule has 2 aromatic carbocycles. The summed E-state index contributed by atoms with van der Waals surface area (Å²) in [5, 5.41) is 11.2. The van der Waals surface area contributed by atoms with Crippen LogP contribution in [0.1, 0.15) is 23.2 Å². The molecule has 122 valence electrons. The number of nitrogens with zero attached hydrogens (tertiary/aromatic N) is 3. The first kappa shape index (κ1) is 16.1. The van der Waals surface area contributed by atoms with Gasteiger partial charge in [-0.05, 0) is 18.6 Å². The molecule has 0 aliphatic rings. The normalized spacial score (nSPS) is 12.1. The van der Waals surface area contributed by atoms with E-state index in [0.29, 0.717) is 11.4 Å². The van der Waals surface area contributed by atoms with Crippen molar-refractivity contribution in [3.63, 3.8) is 0 Å². The molecule has 1 amide bonds. The van der Waals surface area contributed by atoms with Crippen molar-refractivity contribution in [2.45, 2.75) is 19.6 Å². The molecule has 0 aliphatic heterocycles. The zero-order chi connectivity index (χ0) is 17.1. The van der Waals surface area contributed by atoms with E-state index in [-0.39, 0.29) is 12.5 Å². The highest BCUT2D eigenvalue weighted by Gasteiger charge is 2.22. The van der Waals surface area contributed by atoms with E-state index in [0.717, 1.165) is 16.6 Å². The highest BCUT2D eigenvalue weighted by atomic mass is 16.3. The van der Waals surface area contributed by atoms with Crippen LogP contribution in [-0.4, -0.2) is 32.9 Å². The maximum Gasteiger partial charge on any atom is 0.256 e. The molecule has 0 radical (unpaired) electrons. The predicted molar refractivity (Wildman–Crippen MR) is 92.2 cm³/mol. The van der Waals surface area contributed by atoms with Crippen molar-refractivity contribution in [3.05, 3.63) is 71.7 Å². The second-order valence-corrected chi connectivity index (χ2v) is 5.75. The maximum atomic E-state index is 12.4. The van der Waals surface area contributed by atoms with Crippen LogP contribution in [0.25, 0.3) is 10.9 Å². The molecule has 1 aromatic heterocycles. The number of amides is 1. The lowest BCUT2D eigenvalue weighted by atomic mass is 10.1. The first-order chi connectivity index (χ1) is 11.6. The highest BCUT2D eigenvalue weighted by Crippen LogP contribution is 2.18. The molecule has 0 aliphatic carbocycles. The van der Waals surface area contributed by atoms with Gasteiger partial charge in [0, 0.05) is 18.1 Å². The Labute approximate surface area is 140 Å². The van der Waals surface area contributed by atoms with Crippen molar-refractivity contribution in [2.75, 3.05) is 7.05 Å². The topological polar surface area (TPSA) is 66.3 Å². The summed E-state index contributed by atoms with van der Waals surface area (Å²) in [6.07, 6.45) is -1.18. The lowest BCUT2D eigenvalue weighted by Crippen LogP contribution is -2.32. The maximum absolute atomic E-state index is 12.4. The number of carbonyl (C=O) groups is 1. The molecular weight excluding hydrogens is 302 g/mol. The number of likely N-dealkylation sites (N-methyl/N-ethyl adjacent to an activating group) is 1. The number of aromatic nitrogens is 2. The number of benzene rings is 2. The SMILES string of the molecule is Cc1nc(CN(C)C(=O)[C@H](O)c2ccccc2)nc2ccccc12. The predicted octanol–water partition coefficient (Wildman–Crippen LogP) is 2.63. The Morgan fingerprint density at radius 1 is 1.08 bits per heavy atom. The molecule has 1 N–H and O–H groups in total. The number of aryl methyl sites for hydroxylation is 1. The van der Waals surface area contributed by atoms with Gasteiger partial charge in [-0.1, -0.05) is 48.5 Å². The first-order valence-electron chi connectivity index (χ1n) is 7.76. The fraction of sp³-hybridized carbons (Fsp3) is 0.211. The molecule has 0 fully saturated rings. The minimum Gasteiger partial charge on any atom is -0.378 e. The summed E-state index contributed by atoms with van der Waals surface area (Å²) in [6, 6.07) is 16.7. The number of para-hydroxylation sites is 1. The van der Waals surface area contributed by atoms with Gasteiger partial charge in [0.15, 0.2) is 6.10 Å². The van der Waals surface area contributed by atoms with Crippen LogP contribution in [0.4, 0.5) is 0 Å². The lowest BCUT2D eigenvalue weighted by molar-refractivity contribution is -0.139. The second-order valence-electron chi connectivity index (χ2n) is 5.75.